The van der Waals surface area contributed by atoms with Crippen LogP contribution in [-0.2, 0) is 4.74 Å². The standard InChI is InChI=1S/C32H32ClF3N6O3S/c1-2-32(43)14-41(8-9-44-16-32)29-19-10-21(33)24(18-4-5-22(35)27-23(18)20(12-37)28(38)46-27)25(36)26(19)39-30(40-29)45-15-31-6-3-7-42(31)13-17(34)11-31/h4-5,10,17,43H,2-3,6-9,11,13-16,38H2,1H3/t17-,31+,32?/m1/s1. The first kappa shape index (κ1) is 31.2. The summed E-state index contributed by atoms with van der Waals surface area (Å²) in [7, 11) is 0. The number of hydrogen-bond donors (Lipinski definition) is 2. The number of alkyl halides is 1. The largest absolute Gasteiger partial charge is 0.461 e. The average molecular weight is 673 g/mol. The van der Waals surface area contributed by atoms with E-state index in [1.807, 2.05) is 13.0 Å². The van der Waals surface area contributed by atoms with Crippen molar-refractivity contribution in [3.63, 3.8) is 0 Å². The molecule has 9 nitrogen and oxygen atoms in total. The highest BCUT2D eigenvalue weighted by atomic mass is 35.5. The molecule has 1 unspecified atom stereocenters. The van der Waals surface area contributed by atoms with E-state index in [2.05, 4.69) is 9.88 Å². The fourth-order valence-electron chi connectivity index (χ4n) is 7.18. The lowest BCUT2D eigenvalue weighted by atomic mass is 9.95. The number of rotatable bonds is 6. The Hall–Kier alpha value is -3.41. The first-order valence-corrected chi connectivity index (χ1v) is 16.4. The molecule has 5 heterocycles. The normalized spacial score (nSPS) is 25.2. The van der Waals surface area contributed by atoms with Crippen molar-refractivity contribution in [2.45, 2.75) is 49.9 Å². The van der Waals surface area contributed by atoms with Crippen LogP contribution < -0.4 is 15.4 Å². The predicted octanol–water partition coefficient (Wildman–Crippen LogP) is 5.83. The van der Waals surface area contributed by atoms with Crippen LogP contribution >= 0.6 is 22.9 Å². The zero-order valence-electron chi connectivity index (χ0n) is 25.1. The first-order valence-electron chi connectivity index (χ1n) is 15.2. The van der Waals surface area contributed by atoms with Crippen molar-refractivity contribution in [1.82, 2.24) is 14.9 Å². The number of benzene rings is 2. The van der Waals surface area contributed by atoms with E-state index in [1.165, 1.54) is 18.2 Å². The predicted molar refractivity (Wildman–Crippen MR) is 171 cm³/mol. The Morgan fingerprint density at radius 2 is 2.13 bits per heavy atom. The Labute approximate surface area is 272 Å². The van der Waals surface area contributed by atoms with Crippen LogP contribution in [0.4, 0.5) is 24.0 Å². The number of nitriles is 1. The third-order valence-corrected chi connectivity index (χ3v) is 10.9. The van der Waals surface area contributed by atoms with Crippen LogP contribution in [0.3, 0.4) is 0 Å². The SMILES string of the molecule is CCC1(O)COCCN(c2nc(OC[C@@]34CCCN3C[C@H](F)C4)nc3c(F)c(-c4ccc(F)c5sc(N)c(C#N)c45)c(Cl)cc23)C1. The number of thiophene rings is 1. The van der Waals surface area contributed by atoms with Crippen LogP contribution in [0.2, 0.25) is 5.02 Å². The first-order chi connectivity index (χ1) is 22.1. The molecule has 2 aromatic carbocycles. The number of nitrogens with two attached hydrogens (primary N) is 1. The zero-order chi connectivity index (χ0) is 32.4. The number of nitrogen functional groups attached to an aromatic ring is 1. The minimum absolute atomic E-state index is 0.0117. The van der Waals surface area contributed by atoms with Crippen molar-refractivity contribution in [3.8, 4) is 23.2 Å². The molecule has 46 heavy (non-hydrogen) atoms. The Kier molecular flexibility index (Phi) is 7.92. The average Bonchev–Trinajstić information content (AvgIpc) is 3.62. The molecule has 0 radical (unpaired) electrons. The van der Waals surface area contributed by atoms with Crippen LogP contribution in [0.25, 0.3) is 32.1 Å². The summed E-state index contributed by atoms with van der Waals surface area (Å²) in [4.78, 5) is 13.1. The Balaban J connectivity index is 1.41. The van der Waals surface area contributed by atoms with Gasteiger partial charge in [-0.3, -0.25) is 4.90 Å². The van der Waals surface area contributed by atoms with Gasteiger partial charge in [-0.15, -0.1) is 11.3 Å². The van der Waals surface area contributed by atoms with Gasteiger partial charge in [-0.2, -0.15) is 15.2 Å². The fraction of sp³-hybridized carbons (Fsp3) is 0.469. The van der Waals surface area contributed by atoms with Gasteiger partial charge in [0.25, 0.3) is 0 Å². The molecule has 3 N–H and O–H groups in total. The Bertz CT molecular complexity index is 1910. The van der Waals surface area contributed by atoms with Crippen molar-refractivity contribution in [2.24, 2.45) is 0 Å². The van der Waals surface area contributed by atoms with Gasteiger partial charge in [0.1, 0.15) is 46.6 Å². The van der Waals surface area contributed by atoms with Crippen LogP contribution in [0.5, 0.6) is 6.01 Å². The van der Waals surface area contributed by atoms with Crippen molar-refractivity contribution < 1.29 is 27.8 Å². The summed E-state index contributed by atoms with van der Waals surface area (Å²) in [5.74, 6) is -1.12. The molecule has 0 spiro atoms. The molecule has 7 rings (SSSR count). The molecular weight excluding hydrogens is 641 g/mol. The van der Waals surface area contributed by atoms with E-state index in [4.69, 9.17) is 31.8 Å². The maximum Gasteiger partial charge on any atom is 0.319 e. The summed E-state index contributed by atoms with van der Waals surface area (Å²) in [6.07, 6.45) is 1.47. The van der Waals surface area contributed by atoms with Crippen LogP contribution in [0.15, 0.2) is 18.2 Å². The second-order valence-electron chi connectivity index (χ2n) is 12.4. The van der Waals surface area contributed by atoms with Gasteiger partial charge in [-0.1, -0.05) is 24.6 Å². The molecular formula is C32H32ClF3N6O3S. The lowest BCUT2D eigenvalue weighted by Gasteiger charge is -2.32. The number of ether oxygens (including phenoxy) is 2. The molecule has 4 aromatic rings. The molecule has 14 heteroatoms. The molecule has 0 amide bonds. The van der Waals surface area contributed by atoms with E-state index in [0.717, 1.165) is 30.7 Å². The van der Waals surface area contributed by atoms with Crippen LogP contribution in [0, 0.1) is 23.0 Å². The maximum absolute atomic E-state index is 16.9. The Morgan fingerprint density at radius 1 is 1.30 bits per heavy atom. The fourth-order valence-corrected chi connectivity index (χ4v) is 8.42. The Morgan fingerprint density at radius 3 is 2.91 bits per heavy atom. The highest BCUT2D eigenvalue weighted by molar-refractivity contribution is 7.23. The van der Waals surface area contributed by atoms with Gasteiger partial charge in [0, 0.05) is 35.8 Å². The summed E-state index contributed by atoms with van der Waals surface area (Å²) >= 11 is 7.71. The van der Waals surface area contributed by atoms with Crippen LogP contribution in [-0.4, -0.2) is 83.3 Å². The molecule has 0 bridgehead atoms. The molecule has 3 saturated heterocycles. The molecule has 3 aliphatic heterocycles. The molecule has 0 saturated carbocycles. The lowest BCUT2D eigenvalue weighted by Crippen LogP contribution is -2.44. The summed E-state index contributed by atoms with van der Waals surface area (Å²) in [6.45, 7) is 4.00. The topological polar surface area (TPSA) is 121 Å². The number of anilines is 2. The summed E-state index contributed by atoms with van der Waals surface area (Å²) in [6, 6.07) is 5.99. The molecule has 242 valence electrons. The van der Waals surface area contributed by atoms with Gasteiger partial charge < -0.3 is 25.2 Å². The van der Waals surface area contributed by atoms with Gasteiger partial charge in [0.05, 0.1) is 40.6 Å². The van der Waals surface area contributed by atoms with Gasteiger partial charge in [-0.25, -0.2) is 13.2 Å². The second-order valence-corrected chi connectivity index (χ2v) is 13.9. The number of nitrogens with zero attached hydrogens (tertiary/aromatic N) is 5. The number of halogens is 4. The maximum atomic E-state index is 16.9. The van der Waals surface area contributed by atoms with E-state index < -0.39 is 28.9 Å². The zero-order valence-corrected chi connectivity index (χ0v) is 26.7. The van der Waals surface area contributed by atoms with Gasteiger partial charge in [-0.05, 0) is 43.5 Å². The quantitative estimate of drug-likeness (QED) is 0.261. The number of aliphatic hydroxyl groups is 1. The molecule has 3 atom stereocenters. The van der Waals surface area contributed by atoms with E-state index in [1.54, 1.807) is 4.90 Å². The number of aromatic nitrogens is 2. The summed E-state index contributed by atoms with van der Waals surface area (Å²) in [5, 5.41) is 21.6. The third-order valence-electron chi connectivity index (χ3n) is 9.59. The molecule has 2 aromatic heterocycles. The smallest absolute Gasteiger partial charge is 0.319 e. The van der Waals surface area contributed by atoms with Crippen molar-refractivity contribution in [1.29, 1.82) is 5.26 Å². The molecule has 3 aliphatic rings. The summed E-state index contributed by atoms with van der Waals surface area (Å²) < 4.78 is 58.3. The van der Waals surface area contributed by atoms with Crippen LogP contribution in [0.1, 0.15) is 38.2 Å². The highest BCUT2D eigenvalue weighted by Crippen LogP contribution is 2.46. The van der Waals surface area contributed by atoms with E-state index >= 15 is 4.39 Å². The van der Waals surface area contributed by atoms with E-state index in [-0.39, 0.29) is 73.5 Å². The van der Waals surface area contributed by atoms with Gasteiger partial charge in [0.15, 0.2) is 5.82 Å². The molecule has 0 aliphatic carbocycles. The molecule has 3 fully saturated rings. The number of fused-ring (bicyclic) bond motifs is 3. The van der Waals surface area contributed by atoms with Crippen molar-refractivity contribution >= 4 is 54.7 Å². The highest BCUT2D eigenvalue weighted by Gasteiger charge is 2.49. The van der Waals surface area contributed by atoms with Gasteiger partial charge >= 0.3 is 6.01 Å². The number of hydrogen-bond acceptors (Lipinski definition) is 10. The van der Waals surface area contributed by atoms with E-state index in [9.17, 15) is 19.1 Å². The minimum Gasteiger partial charge on any atom is -0.461 e. The van der Waals surface area contributed by atoms with E-state index in [0.29, 0.717) is 38.4 Å². The van der Waals surface area contributed by atoms with Crippen molar-refractivity contribution in [2.75, 3.05) is 56.6 Å². The number of β-amino-alcohol motifs (C(OH)–C–C–N with tert-alkyl or cyclic N) is 1. The van der Waals surface area contributed by atoms with Gasteiger partial charge in [0.2, 0.25) is 0 Å². The monoisotopic (exact) mass is 672 g/mol. The summed E-state index contributed by atoms with van der Waals surface area (Å²) in [5.41, 5.74) is 4.40. The second kappa shape index (κ2) is 11.7. The lowest BCUT2D eigenvalue weighted by molar-refractivity contribution is -0.0284. The third kappa shape index (κ3) is 5.11. The van der Waals surface area contributed by atoms with Crippen molar-refractivity contribution in [3.05, 3.63) is 40.4 Å². The minimum atomic E-state index is -1.19.